The van der Waals surface area contributed by atoms with E-state index in [2.05, 4.69) is 39.9 Å². The number of methoxy groups -OCH3 is 2. The summed E-state index contributed by atoms with van der Waals surface area (Å²) in [6.45, 7) is 12.8. The Morgan fingerprint density at radius 3 is 2.38 bits per heavy atom. The monoisotopic (exact) mass is 421 g/mol. The van der Waals surface area contributed by atoms with Gasteiger partial charge in [-0.05, 0) is 43.1 Å². The van der Waals surface area contributed by atoms with Crippen LogP contribution >= 0.6 is 0 Å². The number of hydrogen-bond acceptors (Lipinski definition) is 6. The molecular weight excluding hydrogens is 386 g/mol. The molecule has 0 heterocycles. The molecule has 7 heteroatoms. The van der Waals surface area contributed by atoms with Gasteiger partial charge in [0.1, 0.15) is 12.6 Å². The molecule has 0 bridgehead atoms. The number of nitriles is 1. The molecule has 6 nitrogen and oxygen atoms in total. The quantitative estimate of drug-likeness (QED) is 0.278. The molecule has 162 valence electrons. The first-order valence-corrected chi connectivity index (χ1v) is 12.7. The summed E-state index contributed by atoms with van der Waals surface area (Å²) in [5.74, 6) is 0.725. The lowest BCUT2D eigenvalue weighted by atomic mass is 9.90. The summed E-state index contributed by atoms with van der Waals surface area (Å²) in [4.78, 5) is 11.6. The molecule has 0 aromatic heterocycles. The molecule has 1 unspecified atom stereocenters. The fourth-order valence-electron chi connectivity index (χ4n) is 2.66. The van der Waals surface area contributed by atoms with Gasteiger partial charge in [-0.2, -0.15) is 5.26 Å². The van der Waals surface area contributed by atoms with Gasteiger partial charge >= 0.3 is 0 Å². The standard InChI is InChI=1S/C22H35NO5Si/c1-16(24)9-10-17(13-23)20-18(14-27-15-25-5)11-12-19(26-6)21(20)28-29(7,8)22(2,3)4/h11-12,17H,9-10,14-15H2,1-8H3. The van der Waals surface area contributed by atoms with Gasteiger partial charge < -0.3 is 23.4 Å². The molecule has 0 amide bonds. The second-order valence-electron chi connectivity index (χ2n) is 8.71. The van der Waals surface area contributed by atoms with Gasteiger partial charge in [0, 0.05) is 19.1 Å². The molecule has 0 radical (unpaired) electrons. The maximum absolute atomic E-state index is 11.6. The number of benzene rings is 1. The van der Waals surface area contributed by atoms with Gasteiger partial charge in [-0.15, -0.1) is 0 Å². The molecule has 0 aliphatic heterocycles. The first-order chi connectivity index (χ1) is 13.5. The highest BCUT2D eigenvalue weighted by atomic mass is 28.4. The lowest BCUT2D eigenvalue weighted by Gasteiger charge is -2.38. The summed E-state index contributed by atoms with van der Waals surface area (Å²) >= 11 is 0. The van der Waals surface area contributed by atoms with Crippen LogP contribution in [0.5, 0.6) is 11.5 Å². The number of Topliss-reactive ketones (excluding diaryl/α,β-unsaturated/α-hetero) is 1. The van der Waals surface area contributed by atoms with Crippen LogP contribution in [0.25, 0.3) is 0 Å². The predicted octanol–water partition coefficient (Wildman–Crippen LogP) is 5.18. The van der Waals surface area contributed by atoms with Gasteiger partial charge in [0.05, 0.1) is 25.7 Å². The first kappa shape index (κ1) is 25.2. The van der Waals surface area contributed by atoms with E-state index in [9.17, 15) is 10.1 Å². The summed E-state index contributed by atoms with van der Waals surface area (Å²) in [6.07, 6.45) is 0.747. The van der Waals surface area contributed by atoms with Crippen LogP contribution in [0.2, 0.25) is 18.1 Å². The molecule has 0 fully saturated rings. The van der Waals surface area contributed by atoms with Crippen LogP contribution in [-0.2, 0) is 20.9 Å². The Morgan fingerprint density at radius 1 is 1.24 bits per heavy atom. The highest BCUT2D eigenvalue weighted by Gasteiger charge is 2.41. The van der Waals surface area contributed by atoms with Gasteiger partial charge in [-0.3, -0.25) is 0 Å². The Balaban J connectivity index is 3.57. The third-order valence-electron chi connectivity index (χ3n) is 5.38. The topological polar surface area (TPSA) is 77.8 Å². The zero-order chi connectivity index (χ0) is 22.2. The van der Waals surface area contributed by atoms with Gasteiger partial charge in [0.15, 0.2) is 11.5 Å². The van der Waals surface area contributed by atoms with E-state index in [-0.39, 0.29) is 24.2 Å². The molecule has 0 saturated carbocycles. The average molecular weight is 422 g/mol. The van der Waals surface area contributed by atoms with Crippen molar-refractivity contribution in [2.45, 2.75) is 71.2 Å². The fraction of sp³-hybridized carbons (Fsp3) is 0.636. The van der Waals surface area contributed by atoms with Crippen molar-refractivity contribution in [3.63, 3.8) is 0 Å². The van der Waals surface area contributed by atoms with Crippen LogP contribution in [-0.4, -0.2) is 35.1 Å². The normalized spacial score (nSPS) is 12.9. The van der Waals surface area contributed by atoms with E-state index >= 15 is 0 Å². The molecule has 0 spiro atoms. The molecule has 1 rings (SSSR count). The van der Waals surface area contributed by atoms with Gasteiger partial charge in [-0.25, -0.2) is 0 Å². The zero-order valence-corrected chi connectivity index (χ0v) is 20.0. The van der Waals surface area contributed by atoms with Crippen LogP contribution in [0.15, 0.2) is 12.1 Å². The molecule has 1 aromatic rings. The van der Waals surface area contributed by atoms with E-state index in [0.29, 0.717) is 24.3 Å². The van der Waals surface area contributed by atoms with Crippen molar-refractivity contribution in [3.05, 3.63) is 23.3 Å². The third-order valence-corrected chi connectivity index (χ3v) is 9.71. The van der Waals surface area contributed by atoms with E-state index in [1.165, 1.54) is 6.92 Å². The highest BCUT2D eigenvalue weighted by molar-refractivity contribution is 6.74. The largest absolute Gasteiger partial charge is 0.541 e. The maximum atomic E-state index is 11.6. The summed E-state index contributed by atoms with van der Waals surface area (Å²) in [6, 6.07) is 6.10. The Kier molecular flexibility index (Phi) is 9.34. The molecule has 0 aliphatic carbocycles. The lowest BCUT2D eigenvalue weighted by Crippen LogP contribution is -2.44. The minimum absolute atomic E-state index is 0.0284. The number of hydrogen-bond donors (Lipinski definition) is 0. The van der Waals surface area contributed by atoms with Crippen molar-refractivity contribution in [2.24, 2.45) is 0 Å². The second kappa shape index (κ2) is 10.8. The van der Waals surface area contributed by atoms with Gasteiger partial charge in [0.2, 0.25) is 0 Å². The molecule has 1 aromatic carbocycles. The lowest BCUT2D eigenvalue weighted by molar-refractivity contribution is -0.117. The Bertz CT molecular complexity index is 734. The maximum Gasteiger partial charge on any atom is 0.250 e. The SMILES string of the molecule is COCOCc1ccc(OC)c(O[Si](C)(C)C(C)(C)C)c1C(C#N)CCC(C)=O. The number of ether oxygens (including phenoxy) is 3. The van der Waals surface area contributed by atoms with Gasteiger partial charge in [-0.1, -0.05) is 26.8 Å². The third kappa shape index (κ3) is 6.84. The number of nitrogens with zero attached hydrogens (tertiary/aromatic N) is 1. The Labute approximate surface area is 176 Å². The number of rotatable bonds is 11. The predicted molar refractivity (Wildman–Crippen MR) is 116 cm³/mol. The number of ketones is 1. The van der Waals surface area contributed by atoms with E-state index in [1.54, 1.807) is 14.2 Å². The van der Waals surface area contributed by atoms with E-state index in [1.807, 2.05) is 12.1 Å². The first-order valence-electron chi connectivity index (χ1n) is 9.83. The van der Waals surface area contributed by atoms with Crippen molar-refractivity contribution < 1.29 is 23.4 Å². The zero-order valence-electron chi connectivity index (χ0n) is 19.0. The van der Waals surface area contributed by atoms with E-state index in [4.69, 9.17) is 18.6 Å². The molecule has 0 N–H and O–H groups in total. The van der Waals surface area contributed by atoms with Crippen molar-refractivity contribution in [2.75, 3.05) is 21.0 Å². The molecular formula is C22H35NO5Si. The van der Waals surface area contributed by atoms with Crippen molar-refractivity contribution in [1.82, 2.24) is 0 Å². The molecule has 29 heavy (non-hydrogen) atoms. The van der Waals surface area contributed by atoms with Crippen molar-refractivity contribution >= 4 is 14.1 Å². The minimum atomic E-state index is -2.21. The van der Waals surface area contributed by atoms with E-state index < -0.39 is 14.2 Å². The number of carbonyl (C=O) groups excluding carboxylic acids is 1. The molecule has 0 saturated heterocycles. The van der Waals surface area contributed by atoms with Crippen LogP contribution in [0, 0.1) is 11.3 Å². The van der Waals surface area contributed by atoms with Crippen LogP contribution in [0.4, 0.5) is 0 Å². The molecule has 0 aliphatic rings. The van der Waals surface area contributed by atoms with Crippen LogP contribution < -0.4 is 9.16 Å². The minimum Gasteiger partial charge on any atom is -0.541 e. The van der Waals surface area contributed by atoms with Crippen LogP contribution in [0.3, 0.4) is 0 Å². The van der Waals surface area contributed by atoms with Gasteiger partial charge in [0.25, 0.3) is 8.32 Å². The highest BCUT2D eigenvalue weighted by Crippen LogP contribution is 2.45. The number of carbonyl (C=O) groups is 1. The summed E-state index contributed by atoms with van der Waals surface area (Å²) in [5, 5.41) is 9.89. The van der Waals surface area contributed by atoms with Crippen molar-refractivity contribution in [1.29, 1.82) is 5.26 Å². The smallest absolute Gasteiger partial charge is 0.250 e. The van der Waals surface area contributed by atoms with Crippen molar-refractivity contribution in [3.8, 4) is 17.6 Å². The summed E-state index contributed by atoms with van der Waals surface area (Å²) < 4.78 is 22.8. The summed E-state index contributed by atoms with van der Waals surface area (Å²) in [5.41, 5.74) is 1.58. The van der Waals surface area contributed by atoms with Crippen LogP contribution in [0.1, 0.15) is 57.6 Å². The fourth-order valence-corrected chi connectivity index (χ4v) is 3.69. The second-order valence-corrected chi connectivity index (χ2v) is 13.4. The molecule has 1 atom stereocenters. The summed E-state index contributed by atoms with van der Waals surface area (Å²) in [7, 11) is 0.943. The Morgan fingerprint density at radius 2 is 1.90 bits per heavy atom. The Hall–Kier alpha value is -1.88. The van der Waals surface area contributed by atoms with E-state index in [0.717, 1.165) is 11.1 Å². The average Bonchev–Trinajstić information content (AvgIpc) is 2.62.